The van der Waals surface area contributed by atoms with Gasteiger partial charge in [-0.3, -0.25) is 9.69 Å². The molecule has 0 atom stereocenters. The van der Waals surface area contributed by atoms with Crippen molar-refractivity contribution in [3.05, 3.63) is 42.0 Å². The van der Waals surface area contributed by atoms with Crippen LogP contribution in [0.5, 0.6) is 0 Å². The van der Waals surface area contributed by atoms with E-state index in [9.17, 15) is 4.79 Å². The van der Waals surface area contributed by atoms with Gasteiger partial charge in [-0.2, -0.15) is 0 Å². The quantitative estimate of drug-likeness (QED) is 0.522. The fourth-order valence-electron chi connectivity index (χ4n) is 3.47. The number of piperazine rings is 1. The van der Waals surface area contributed by atoms with E-state index in [1.807, 2.05) is 6.07 Å². The second-order valence-corrected chi connectivity index (χ2v) is 7.37. The number of nitrogens with zero attached hydrogens (tertiary/aromatic N) is 2. The van der Waals surface area contributed by atoms with Crippen LogP contribution in [0.15, 0.2) is 36.4 Å². The lowest BCUT2D eigenvalue weighted by atomic mass is 10.1. The van der Waals surface area contributed by atoms with Crippen LogP contribution in [-0.2, 0) is 4.79 Å². The Morgan fingerprint density at radius 3 is 2.27 bits per heavy atom. The zero-order valence-electron chi connectivity index (χ0n) is 16.5. The first-order chi connectivity index (χ1) is 12.8. The van der Waals surface area contributed by atoms with Crippen molar-refractivity contribution in [1.82, 2.24) is 9.80 Å². The molecule has 1 fully saturated rings. The fraction of sp³-hybridized carbons (Fsp3) is 0.609. The summed E-state index contributed by atoms with van der Waals surface area (Å²) < 4.78 is 0. The van der Waals surface area contributed by atoms with Crippen LogP contribution in [0.4, 0.5) is 0 Å². The summed E-state index contributed by atoms with van der Waals surface area (Å²) in [5.41, 5.74) is 1.25. The van der Waals surface area contributed by atoms with Gasteiger partial charge >= 0.3 is 0 Å². The number of hydrogen-bond acceptors (Lipinski definition) is 2. The Kier molecular flexibility index (Phi) is 10.1. The molecule has 1 saturated heterocycles. The first-order valence-corrected chi connectivity index (χ1v) is 10.5. The minimum absolute atomic E-state index is 0.359. The van der Waals surface area contributed by atoms with Gasteiger partial charge in [-0.15, -0.1) is 0 Å². The highest BCUT2D eigenvalue weighted by Crippen LogP contribution is 2.11. The molecule has 1 amide bonds. The highest BCUT2D eigenvalue weighted by molar-refractivity contribution is 5.76. The van der Waals surface area contributed by atoms with Gasteiger partial charge in [0.15, 0.2) is 0 Å². The lowest BCUT2D eigenvalue weighted by Gasteiger charge is -2.34. The Labute approximate surface area is 160 Å². The van der Waals surface area contributed by atoms with E-state index in [-0.39, 0.29) is 0 Å². The van der Waals surface area contributed by atoms with Gasteiger partial charge in [0, 0.05) is 39.1 Å². The number of carbonyl (C=O) groups excluding carboxylic acids is 1. The van der Waals surface area contributed by atoms with E-state index in [0.717, 1.165) is 45.6 Å². The average molecular weight is 357 g/mol. The molecule has 0 saturated carbocycles. The number of unbranched alkanes of at least 4 members (excludes halogenated alkanes) is 6. The summed E-state index contributed by atoms with van der Waals surface area (Å²) in [6, 6.07) is 10.4. The first-order valence-electron chi connectivity index (χ1n) is 10.5. The van der Waals surface area contributed by atoms with Crippen LogP contribution in [0, 0.1) is 0 Å². The molecule has 1 aliphatic rings. The second-order valence-electron chi connectivity index (χ2n) is 7.37. The van der Waals surface area contributed by atoms with Crippen LogP contribution < -0.4 is 0 Å². The van der Waals surface area contributed by atoms with Gasteiger partial charge in [-0.05, 0) is 12.0 Å². The number of benzene rings is 1. The summed E-state index contributed by atoms with van der Waals surface area (Å²) in [6.07, 6.45) is 14.0. The molecule has 0 aliphatic carbocycles. The number of rotatable bonds is 11. The molecule has 0 radical (unpaired) electrons. The van der Waals surface area contributed by atoms with E-state index < -0.39 is 0 Å². The topological polar surface area (TPSA) is 23.6 Å². The van der Waals surface area contributed by atoms with Gasteiger partial charge in [0.1, 0.15) is 0 Å². The SMILES string of the molecule is CCCCCCCCCC(=O)N1CCN(C/C=C/c2ccccc2)CC1. The molecule has 144 valence electrons. The van der Waals surface area contributed by atoms with Gasteiger partial charge in [-0.25, -0.2) is 0 Å². The van der Waals surface area contributed by atoms with E-state index in [1.165, 1.54) is 44.1 Å². The Morgan fingerprint density at radius 2 is 1.58 bits per heavy atom. The summed E-state index contributed by atoms with van der Waals surface area (Å²) in [6.45, 7) is 6.96. The molecule has 2 rings (SSSR count). The molecule has 0 N–H and O–H groups in total. The number of hydrogen-bond donors (Lipinski definition) is 0. The maximum Gasteiger partial charge on any atom is 0.222 e. The minimum Gasteiger partial charge on any atom is -0.340 e. The number of amides is 1. The molecular weight excluding hydrogens is 320 g/mol. The minimum atomic E-state index is 0.359. The van der Waals surface area contributed by atoms with Crippen molar-refractivity contribution in [2.75, 3.05) is 32.7 Å². The van der Waals surface area contributed by atoms with Crippen molar-refractivity contribution in [2.45, 2.75) is 58.3 Å². The summed E-state index contributed by atoms with van der Waals surface area (Å²) >= 11 is 0. The maximum absolute atomic E-state index is 12.3. The van der Waals surface area contributed by atoms with Gasteiger partial charge in [-0.1, -0.05) is 87.9 Å². The van der Waals surface area contributed by atoms with E-state index in [4.69, 9.17) is 0 Å². The molecule has 1 aliphatic heterocycles. The monoisotopic (exact) mass is 356 g/mol. The third-order valence-electron chi connectivity index (χ3n) is 5.19. The first kappa shape index (κ1) is 20.7. The molecule has 1 aromatic rings. The molecule has 3 nitrogen and oxygen atoms in total. The Bertz CT molecular complexity index is 518. The van der Waals surface area contributed by atoms with E-state index >= 15 is 0 Å². The molecule has 1 aromatic carbocycles. The van der Waals surface area contributed by atoms with Crippen molar-refractivity contribution in [2.24, 2.45) is 0 Å². The Hall–Kier alpha value is -1.61. The fourth-order valence-corrected chi connectivity index (χ4v) is 3.47. The largest absolute Gasteiger partial charge is 0.340 e. The Morgan fingerprint density at radius 1 is 0.923 bits per heavy atom. The maximum atomic E-state index is 12.3. The van der Waals surface area contributed by atoms with Crippen LogP contribution in [0.25, 0.3) is 6.08 Å². The highest BCUT2D eigenvalue weighted by Gasteiger charge is 2.19. The van der Waals surface area contributed by atoms with Crippen LogP contribution in [-0.4, -0.2) is 48.4 Å². The lowest BCUT2D eigenvalue weighted by molar-refractivity contribution is -0.133. The van der Waals surface area contributed by atoms with Crippen LogP contribution >= 0.6 is 0 Å². The van der Waals surface area contributed by atoms with E-state index in [0.29, 0.717) is 5.91 Å². The molecule has 0 unspecified atom stereocenters. The average Bonchev–Trinajstić information content (AvgIpc) is 2.68. The molecule has 3 heteroatoms. The summed E-state index contributed by atoms with van der Waals surface area (Å²) in [5.74, 6) is 0.359. The highest BCUT2D eigenvalue weighted by atomic mass is 16.2. The molecule has 1 heterocycles. The van der Waals surface area contributed by atoms with Gasteiger partial charge in [0.25, 0.3) is 0 Å². The smallest absolute Gasteiger partial charge is 0.222 e. The standard InChI is InChI=1S/C23H36N2O/c1-2-3-4-5-6-7-11-16-23(26)25-20-18-24(19-21-25)17-12-15-22-13-9-8-10-14-22/h8-10,12-15H,2-7,11,16-21H2,1H3/b15-12+. The zero-order chi connectivity index (χ0) is 18.5. The van der Waals surface area contributed by atoms with Crippen molar-refractivity contribution in [3.8, 4) is 0 Å². The molecular formula is C23H36N2O. The lowest BCUT2D eigenvalue weighted by Crippen LogP contribution is -2.48. The summed E-state index contributed by atoms with van der Waals surface area (Å²) in [4.78, 5) is 16.8. The molecule has 0 spiro atoms. The van der Waals surface area contributed by atoms with Gasteiger partial charge < -0.3 is 4.90 Å². The predicted octanol–water partition coefficient (Wildman–Crippen LogP) is 4.98. The normalized spacial score (nSPS) is 15.7. The summed E-state index contributed by atoms with van der Waals surface area (Å²) in [7, 11) is 0. The van der Waals surface area contributed by atoms with Crippen molar-refractivity contribution >= 4 is 12.0 Å². The van der Waals surface area contributed by atoms with Crippen molar-refractivity contribution in [3.63, 3.8) is 0 Å². The zero-order valence-corrected chi connectivity index (χ0v) is 16.5. The third kappa shape index (κ3) is 8.18. The second kappa shape index (κ2) is 12.7. The van der Waals surface area contributed by atoms with E-state index in [2.05, 4.69) is 53.1 Å². The van der Waals surface area contributed by atoms with Crippen LogP contribution in [0.2, 0.25) is 0 Å². The van der Waals surface area contributed by atoms with Crippen molar-refractivity contribution in [1.29, 1.82) is 0 Å². The van der Waals surface area contributed by atoms with Gasteiger partial charge in [0.2, 0.25) is 5.91 Å². The van der Waals surface area contributed by atoms with Crippen molar-refractivity contribution < 1.29 is 4.79 Å². The Balaban J connectivity index is 1.54. The van der Waals surface area contributed by atoms with Crippen LogP contribution in [0.1, 0.15) is 63.9 Å². The number of carbonyl (C=O) groups is 1. The van der Waals surface area contributed by atoms with Crippen LogP contribution in [0.3, 0.4) is 0 Å². The predicted molar refractivity (Wildman–Crippen MR) is 111 cm³/mol. The van der Waals surface area contributed by atoms with E-state index in [1.54, 1.807) is 0 Å². The third-order valence-corrected chi connectivity index (χ3v) is 5.19. The van der Waals surface area contributed by atoms with Gasteiger partial charge in [0.05, 0.1) is 0 Å². The molecule has 0 aromatic heterocycles. The molecule has 26 heavy (non-hydrogen) atoms. The molecule has 0 bridgehead atoms. The summed E-state index contributed by atoms with van der Waals surface area (Å²) in [5, 5.41) is 0.